The number of aromatic nitrogens is 2. The van der Waals surface area contributed by atoms with Crippen LogP contribution < -0.4 is 16.4 Å². The second-order valence-corrected chi connectivity index (χ2v) is 6.13. The molecule has 1 aromatic heterocycles. The molecule has 9 heteroatoms. The first-order chi connectivity index (χ1) is 8.77. The van der Waals surface area contributed by atoms with E-state index >= 15 is 0 Å². The molecule has 2 unspecified atom stereocenters. The highest BCUT2D eigenvalue weighted by Gasteiger charge is 2.23. The largest absolute Gasteiger partial charge is 0.373 e. The third kappa shape index (κ3) is 3.11. The van der Waals surface area contributed by atoms with Gasteiger partial charge in [0.2, 0.25) is 10.0 Å². The number of nitrogens with one attached hydrogen (secondary N) is 1. The molecule has 19 heavy (non-hydrogen) atoms. The Hall–Kier alpha value is -1.45. The lowest BCUT2D eigenvalue weighted by Crippen LogP contribution is -2.36. The second kappa shape index (κ2) is 4.91. The zero-order valence-corrected chi connectivity index (χ0v) is 11.1. The van der Waals surface area contributed by atoms with Gasteiger partial charge in [-0.15, -0.1) is 0 Å². The van der Waals surface area contributed by atoms with Gasteiger partial charge in [-0.2, -0.15) is 0 Å². The monoisotopic (exact) mass is 289 g/mol. The molecular formula is C10H15N3O5S. The van der Waals surface area contributed by atoms with Gasteiger partial charge in [-0.25, -0.2) is 18.4 Å². The highest BCUT2D eigenvalue weighted by atomic mass is 32.2. The van der Waals surface area contributed by atoms with Crippen molar-refractivity contribution in [3.8, 4) is 0 Å². The second-order valence-electron chi connectivity index (χ2n) is 4.60. The van der Waals surface area contributed by atoms with E-state index in [1.807, 2.05) is 11.9 Å². The zero-order chi connectivity index (χ0) is 14.2. The standard InChI is InChI=1S/C10H15N3O5S/c1-6-2-3-7(18-6)4-13-5-8(19(11,16)17)9(14)12-10(13)15/h5-7H,2-4H2,1H3,(H2,11,16,17)(H,12,14,15). The maximum atomic E-state index is 11.6. The van der Waals surface area contributed by atoms with Gasteiger partial charge in [-0.3, -0.25) is 14.3 Å². The number of rotatable bonds is 3. The van der Waals surface area contributed by atoms with Crippen molar-refractivity contribution in [1.82, 2.24) is 9.55 Å². The van der Waals surface area contributed by atoms with Crippen molar-refractivity contribution < 1.29 is 13.2 Å². The average molecular weight is 289 g/mol. The summed E-state index contributed by atoms with van der Waals surface area (Å²) < 4.78 is 29.1. The van der Waals surface area contributed by atoms with Crippen LogP contribution in [-0.2, 0) is 21.3 Å². The molecule has 0 amide bonds. The van der Waals surface area contributed by atoms with Crippen molar-refractivity contribution in [3.63, 3.8) is 0 Å². The third-order valence-corrected chi connectivity index (χ3v) is 3.91. The van der Waals surface area contributed by atoms with Crippen LogP contribution in [-0.4, -0.2) is 30.2 Å². The van der Waals surface area contributed by atoms with E-state index in [1.54, 1.807) is 0 Å². The van der Waals surface area contributed by atoms with E-state index in [4.69, 9.17) is 9.88 Å². The number of aromatic amines is 1. The van der Waals surface area contributed by atoms with Crippen molar-refractivity contribution >= 4 is 10.0 Å². The van der Waals surface area contributed by atoms with Gasteiger partial charge in [-0.05, 0) is 19.8 Å². The van der Waals surface area contributed by atoms with Crippen LogP contribution in [0.2, 0.25) is 0 Å². The number of nitrogens with two attached hydrogens (primary N) is 1. The Kier molecular flexibility index (Phi) is 3.61. The van der Waals surface area contributed by atoms with Crippen molar-refractivity contribution in [1.29, 1.82) is 0 Å². The molecule has 0 bridgehead atoms. The summed E-state index contributed by atoms with van der Waals surface area (Å²) in [5.41, 5.74) is -1.69. The molecule has 0 radical (unpaired) electrons. The first-order valence-electron chi connectivity index (χ1n) is 5.79. The van der Waals surface area contributed by atoms with Crippen LogP contribution >= 0.6 is 0 Å². The summed E-state index contributed by atoms with van der Waals surface area (Å²) in [6, 6.07) is 0. The molecule has 1 aliphatic heterocycles. The Morgan fingerprint density at radius 2 is 2.16 bits per heavy atom. The normalized spacial score (nSPS) is 23.7. The van der Waals surface area contributed by atoms with E-state index in [9.17, 15) is 18.0 Å². The minimum atomic E-state index is -4.16. The fraction of sp³-hybridized carbons (Fsp3) is 0.600. The molecule has 1 aliphatic rings. The van der Waals surface area contributed by atoms with Crippen molar-refractivity contribution in [2.24, 2.45) is 5.14 Å². The van der Waals surface area contributed by atoms with E-state index in [2.05, 4.69) is 0 Å². The number of primary sulfonamides is 1. The Labute approximate surface area is 109 Å². The highest BCUT2D eigenvalue weighted by Crippen LogP contribution is 2.19. The number of H-pyrrole nitrogens is 1. The number of ether oxygens (including phenoxy) is 1. The average Bonchev–Trinajstić information content (AvgIpc) is 2.66. The lowest BCUT2D eigenvalue weighted by Gasteiger charge is -2.13. The van der Waals surface area contributed by atoms with Gasteiger partial charge in [-0.1, -0.05) is 0 Å². The molecule has 3 N–H and O–H groups in total. The SMILES string of the molecule is CC1CCC(Cn2cc(S(N)(=O)=O)c(=O)[nH]c2=O)O1. The molecule has 0 saturated carbocycles. The highest BCUT2D eigenvalue weighted by molar-refractivity contribution is 7.89. The predicted octanol–water partition coefficient (Wildman–Crippen LogP) is -1.25. The molecule has 2 atom stereocenters. The molecule has 1 fully saturated rings. The van der Waals surface area contributed by atoms with E-state index in [0.29, 0.717) is 0 Å². The fourth-order valence-corrected chi connectivity index (χ4v) is 2.65. The molecule has 2 rings (SSSR count). The molecule has 0 aliphatic carbocycles. The fourth-order valence-electron chi connectivity index (χ4n) is 2.07. The summed E-state index contributed by atoms with van der Waals surface area (Å²) in [5, 5.41) is 4.91. The van der Waals surface area contributed by atoms with Crippen LogP contribution in [0.3, 0.4) is 0 Å². The quantitative estimate of drug-likeness (QED) is 0.719. The van der Waals surface area contributed by atoms with E-state index < -0.39 is 26.2 Å². The summed E-state index contributed by atoms with van der Waals surface area (Å²) >= 11 is 0. The summed E-state index contributed by atoms with van der Waals surface area (Å²) in [6.07, 6.45) is 2.55. The predicted molar refractivity (Wildman–Crippen MR) is 66.3 cm³/mol. The van der Waals surface area contributed by atoms with E-state index in [0.717, 1.165) is 23.6 Å². The van der Waals surface area contributed by atoms with Crippen LogP contribution in [0.1, 0.15) is 19.8 Å². The van der Waals surface area contributed by atoms with Crippen LogP contribution in [0.4, 0.5) is 0 Å². The Morgan fingerprint density at radius 1 is 1.47 bits per heavy atom. The van der Waals surface area contributed by atoms with Gasteiger partial charge in [0.1, 0.15) is 0 Å². The molecule has 1 aromatic rings. The number of sulfonamides is 1. The minimum Gasteiger partial charge on any atom is -0.373 e. The summed E-state index contributed by atoms with van der Waals surface area (Å²) in [6.45, 7) is 2.11. The minimum absolute atomic E-state index is 0.112. The topological polar surface area (TPSA) is 124 Å². The zero-order valence-electron chi connectivity index (χ0n) is 10.3. The molecule has 8 nitrogen and oxygen atoms in total. The van der Waals surface area contributed by atoms with Crippen molar-refractivity contribution in [2.45, 2.75) is 43.4 Å². The van der Waals surface area contributed by atoms with E-state index in [-0.39, 0.29) is 18.8 Å². The molecule has 106 valence electrons. The van der Waals surface area contributed by atoms with Crippen LogP contribution in [0, 0.1) is 0 Å². The van der Waals surface area contributed by atoms with Gasteiger partial charge in [0.05, 0.1) is 18.8 Å². The van der Waals surface area contributed by atoms with Crippen molar-refractivity contribution in [2.75, 3.05) is 0 Å². The van der Waals surface area contributed by atoms with Gasteiger partial charge in [0.15, 0.2) is 4.90 Å². The van der Waals surface area contributed by atoms with Gasteiger partial charge < -0.3 is 4.74 Å². The number of hydrogen-bond acceptors (Lipinski definition) is 5. The van der Waals surface area contributed by atoms with Crippen LogP contribution in [0.25, 0.3) is 0 Å². The van der Waals surface area contributed by atoms with Crippen molar-refractivity contribution in [3.05, 3.63) is 27.0 Å². The molecular weight excluding hydrogens is 274 g/mol. The van der Waals surface area contributed by atoms with E-state index in [1.165, 1.54) is 0 Å². The molecule has 0 aromatic carbocycles. The molecule has 2 heterocycles. The molecule has 0 spiro atoms. The maximum absolute atomic E-state index is 11.6. The lowest BCUT2D eigenvalue weighted by atomic mass is 10.2. The first kappa shape index (κ1) is 14.0. The van der Waals surface area contributed by atoms with Gasteiger partial charge >= 0.3 is 5.69 Å². The van der Waals surface area contributed by atoms with Gasteiger partial charge in [0, 0.05) is 6.20 Å². The summed E-state index contributed by atoms with van der Waals surface area (Å²) in [4.78, 5) is 24.3. The lowest BCUT2D eigenvalue weighted by molar-refractivity contribution is 0.0448. The Morgan fingerprint density at radius 3 is 2.68 bits per heavy atom. The molecule has 1 saturated heterocycles. The number of nitrogens with zero attached hydrogens (tertiary/aromatic N) is 1. The first-order valence-corrected chi connectivity index (χ1v) is 7.34. The third-order valence-electron chi connectivity index (χ3n) is 3.00. The summed E-state index contributed by atoms with van der Waals surface area (Å²) in [5.74, 6) is 0. The van der Waals surface area contributed by atoms with Crippen LogP contribution in [0.15, 0.2) is 20.7 Å². The van der Waals surface area contributed by atoms with Crippen LogP contribution in [0.5, 0.6) is 0 Å². The smallest absolute Gasteiger partial charge is 0.328 e. The maximum Gasteiger partial charge on any atom is 0.328 e. The number of hydrogen-bond donors (Lipinski definition) is 2. The van der Waals surface area contributed by atoms with Gasteiger partial charge in [0.25, 0.3) is 5.56 Å². The Bertz CT molecular complexity index is 690. The Balaban J connectivity index is 2.36. The summed E-state index contributed by atoms with van der Waals surface area (Å²) in [7, 11) is -4.16.